The van der Waals surface area contributed by atoms with Gasteiger partial charge in [0, 0.05) is 17.4 Å². The molecule has 3 atom stereocenters. The summed E-state index contributed by atoms with van der Waals surface area (Å²) in [5.74, 6) is 1.49. The molecule has 2 aromatic carbocycles. The third-order valence-corrected chi connectivity index (χ3v) is 6.24. The van der Waals surface area contributed by atoms with E-state index in [9.17, 15) is 5.11 Å². The van der Waals surface area contributed by atoms with Crippen LogP contribution in [-0.2, 0) is 5.41 Å². The predicted molar refractivity (Wildman–Crippen MR) is 119 cm³/mol. The van der Waals surface area contributed by atoms with E-state index in [1.165, 1.54) is 22.3 Å². The lowest BCUT2D eigenvalue weighted by molar-refractivity contribution is 0.444. The molecule has 2 aliphatic carbocycles. The highest BCUT2D eigenvalue weighted by Gasteiger charge is 2.41. The Morgan fingerprint density at radius 2 is 1.54 bits per heavy atom. The Kier molecular flexibility index (Phi) is 4.57. The first-order valence-corrected chi connectivity index (χ1v) is 10.2. The molecule has 2 aromatic rings. The number of rotatable bonds is 2. The van der Waals surface area contributed by atoms with Gasteiger partial charge >= 0.3 is 0 Å². The molecule has 3 unspecified atom stereocenters. The largest absolute Gasteiger partial charge is 0.507 e. The summed E-state index contributed by atoms with van der Waals surface area (Å²) < 4.78 is 0. The van der Waals surface area contributed by atoms with Crippen molar-refractivity contribution < 1.29 is 5.11 Å². The molecule has 0 spiro atoms. The van der Waals surface area contributed by atoms with Crippen molar-refractivity contribution >= 4 is 5.57 Å². The molecule has 144 valence electrons. The van der Waals surface area contributed by atoms with Crippen LogP contribution in [0.5, 0.6) is 5.75 Å². The summed E-state index contributed by atoms with van der Waals surface area (Å²) in [6, 6.07) is 15.1. The Balaban J connectivity index is 1.93. The maximum Gasteiger partial charge on any atom is 0.126 e. The lowest BCUT2D eigenvalue weighted by atomic mass is 9.75. The highest BCUT2D eigenvalue weighted by atomic mass is 16.3. The van der Waals surface area contributed by atoms with Crippen LogP contribution in [0.25, 0.3) is 5.57 Å². The minimum absolute atomic E-state index is 0.101. The minimum Gasteiger partial charge on any atom is -0.507 e. The van der Waals surface area contributed by atoms with E-state index in [0.29, 0.717) is 17.6 Å². The number of allylic oxidation sites excluding steroid dienone is 6. The minimum atomic E-state index is -0.101. The Morgan fingerprint density at radius 3 is 2.21 bits per heavy atom. The molecule has 0 aromatic heterocycles. The SMILES string of the molecule is CC(C)=C(c1cccc(C(C)(C)C)c1O)C1c2ccccc2C2C=CC=CC21. The summed E-state index contributed by atoms with van der Waals surface area (Å²) in [4.78, 5) is 0. The van der Waals surface area contributed by atoms with Crippen LogP contribution < -0.4 is 0 Å². The molecule has 0 saturated heterocycles. The molecular weight excluding hydrogens is 340 g/mol. The first kappa shape index (κ1) is 18.8. The van der Waals surface area contributed by atoms with Gasteiger partial charge in [-0.15, -0.1) is 0 Å². The number of para-hydroxylation sites is 1. The van der Waals surface area contributed by atoms with Crippen LogP contribution in [0.15, 0.2) is 72.3 Å². The summed E-state index contributed by atoms with van der Waals surface area (Å²) in [5, 5.41) is 11.3. The quantitative estimate of drug-likeness (QED) is 0.597. The summed E-state index contributed by atoms with van der Waals surface area (Å²) >= 11 is 0. The predicted octanol–water partition coefficient (Wildman–Crippen LogP) is 7.11. The van der Waals surface area contributed by atoms with Gasteiger partial charge in [-0.2, -0.15) is 0 Å². The van der Waals surface area contributed by atoms with Crippen molar-refractivity contribution in [1.82, 2.24) is 0 Å². The molecule has 0 aliphatic heterocycles. The van der Waals surface area contributed by atoms with Gasteiger partial charge in [-0.3, -0.25) is 0 Å². The van der Waals surface area contributed by atoms with Gasteiger partial charge < -0.3 is 5.11 Å². The van der Waals surface area contributed by atoms with E-state index in [2.05, 4.69) is 101 Å². The Labute approximate surface area is 169 Å². The summed E-state index contributed by atoms with van der Waals surface area (Å²) in [7, 11) is 0. The Morgan fingerprint density at radius 1 is 0.857 bits per heavy atom. The van der Waals surface area contributed by atoms with Crippen LogP contribution in [0.4, 0.5) is 0 Å². The van der Waals surface area contributed by atoms with Crippen LogP contribution in [0, 0.1) is 5.92 Å². The van der Waals surface area contributed by atoms with Crippen LogP contribution >= 0.6 is 0 Å². The molecule has 0 heterocycles. The lowest BCUT2D eigenvalue weighted by Gasteiger charge is -2.29. The highest BCUT2D eigenvalue weighted by Crippen LogP contribution is 2.56. The number of benzene rings is 2. The number of aromatic hydroxyl groups is 1. The Hall–Kier alpha value is -2.54. The third kappa shape index (κ3) is 2.94. The van der Waals surface area contributed by atoms with Crippen molar-refractivity contribution in [2.45, 2.75) is 51.9 Å². The molecule has 4 rings (SSSR count). The fourth-order valence-corrected chi connectivity index (χ4v) is 5.02. The van der Waals surface area contributed by atoms with E-state index < -0.39 is 0 Å². The number of fused-ring (bicyclic) bond motifs is 3. The average Bonchev–Trinajstić information content (AvgIpc) is 2.97. The molecule has 1 heteroatoms. The van der Waals surface area contributed by atoms with Gasteiger partial charge in [0.1, 0.15) is 5.75 Å². The lowest BCUT2D eigenvalue weighted by Crippen LogP contribution is -2.15. The van der Waals surface area contributed by atoms with Gasteiger partial charge in [0.05, 0.1) is 0 Å². The maximum atomic E-state index is 11.3. The summed E-state index contributed by atoms with van der Waals surface area (Å²) in [6.45, 7) is 10.8. The molecule has 1 N–H and O–H groups in total. The van der Waals surface area contributed by atoms with Gasteiger partial charge in [0.15, 0.2) is 0 Å². The standard InChI is InChI=1S/C27H30O/c1-17(2)24(22-15-10-16-23(26(22)28)27(3,4)5)25-20-13-8-6-11-18(20)19-12-7-9-14-21(19)25/h6-16,18,20,25,28H,1-5H3. The zero-order valence-electron chi connectivity index (χ0n) is 17.5. The second-order valence-electron chi connectivity index (χ2n) is 9.34. The number of hydrogen-bond acceptors (Lipinski definition) is 1. The van der Waals surface area contributed by atoms with E-state index in [1.807, 2.05) is 0 Å². The monoisotopic (exact) mass is 370 g/mol. The van der Waals surface area contributed by atoms with Gasteiger partial charge in [0.2, 0.25) is 0 Å². The zero-order valence-corrected chi connectivity index (χ0v) is 17.5. The van der Waals surface area contributed by atoms with Crippen molar-refractivity contribution in [3.05, 3.63) is 94.6 Å². The molecule has 2 aliphatic rings. The third-order valence-electron chi connectivity index (χ3n) is 6.24. The maximum absolute atomic E-state index is 11.3. The topological polar surface area (TPSA) is 20.2 Å². The molecule has 0 fully saturated rings. The fourth-order valence-electron chi connectivity index (χ4n) is 5.02. The van der Waals surface area contributed by atoms with Crippen molar-refractivity contribution in [2.75, 3.05) is 0 Å². The average molecular weight is 371 g/mol. The van der Waals surface area contributed by atoms with E-state index >= 15 is 0 Å². The molecule has 1 nitrogen and oxygen atoms in total. The van der Waals surface area contributed by atoms with Gasteiger partial charge in [0.25, 0.3) is 0 Å². The van der Waals surface area contributed by atoms with Crippen molar-refractivity contribution in [3.63, 3.8) is 0 Å². The number of phenols is 1. The highest BCUT2D eigenvalue weighted by molar-refractivity contribution is 5.81. The molecule has 0 radical (unpaired) electrons. The van der Waals surface area contributed by atoms with Crippen LogP contribution in [0.2, 0.25) is 0 Å². The van der Waals surface area contributed by atoms with E-state index in [0.717, 1.165) is 11.1 Å². The van der Waals surface area contributed by atoms with Gasteiger partial charge in [-0.1, -0.05) is 93.1 Å². The fraction of sp³-hybridized carbons (Fsp3) is 0.333. The second-order valence-corrected chi connectivity index (χ2v) is 9.34. The Bertz CT molecular complexity index is 993. The zero-order chi connectivity index (χ0) is 20.1. The van der Waals surface area contributed by atoms with Gasteiger partial charge in [-0.05, 0) is 47.4 Å². The van der Waals surface area contributed by atoms with Crippen LogP contribution in [0.1, 0.15) is 68.7 Å². The van der Waals surface area contributed by atoms with Crippen LogP contribution in [-0.4, -0.2) is 5.11 Å². The number of hydrogen-bond donors (Lipinski definition) is 1. The second kappa shape index (κ2) is 6.81. The first-order valence-electron chi connectivity index (χ1n) is 10.2. The van der Waals surface area contributed by atoms with Crippen molar-refractivity contribution in [3.8, 4) is 5.75 Å². The normalized spacial score (nSPS) is 22.7. The van der Waals surface area contributed by atoms with Crippen LogP contribution in [0.3, 0.4) is 0 Å². The van der Waals surface area contributed by atoms with E-state index in [-0.39, 0.29) is 11.3 Å². The first-order chi connectivity index (χ1) is 13.3. The molecule has 0 amide bonds. The summed E-state index contributed by atoms with van der Waals surface area (Å²) in [5.41, 5.74) is 7.24. The summed E-state index contributed by atoms with van der Waals surface area (Å²) in [6.07, 6.45) is 9.02. The molecule has 0 bridgehead atoms. The van der Waals surface area contributed by atoms with E-state index in [1.54, 1.807) is 0 Å². The smallest absolute Gasteiger partial charge is 0.126 e. The van der Waals surface area contributed by atoms with Gasteiger partial charge in [-0.25, -0.2) is 0 Å². The van der Waals surface area contributed by atoms with E-state index in [4.69, 9.17) is 0 Å². The molecule has 28 heavy (non-hydrogen) atoms. The number of phenolic OH excluding ortho intramolecular Hbond substituents is 1. The van der Waals surface area contributed by atoms with Crippen molar-refractivity contribution in [1.29, 1.82) is 0 Å². The molecular formula is C27H30O. The van der Waals surface area contributed by atoms with Crippen molar-refractivity contribution in [2.24, 2.45) is 5.92 Å². The molecule has 0 saturated carbocycles.